The second kappa shape index (κ2) is 6.44. The van der Waals surface area contributed by atoms with E-state index in [9.17, 15) is 4.79 Å². The van der Waals surface area contributed by atoms with Gasteiger partial charge in [-0.3, -0.25) is 4.79 Å². The van der Waals surface area contributed by atoms with Crippen molar-refractivity contribution >= 4 is 17.1 Å². The molecule has 3 aromatic rings. The monoisotopic (exact) mass is 289 g/mol. The lowest BCUT2D eigenvalue weighted by Gasteiger charge is -2.12. The zero-order valence-electron chi connectivity index (χ0n) is 12.5. The molecular weight excluding hydrogens is 272 g/mol. The summed E-state index contributed by atoms with van der Waals surface area (Å²) >= 11 is 0. The van der Waals surface area contributed by atoms with Crippen molar-refractivity contribution < 1.29 is 9.53 Å². The molecule has 0 aliphatic heterocycles. The smallest absolute Gasteiger partial charge is 0.203 e. The summed E-state index contributed by atoms with van der Waals surface area (Å²) in [5.41, 5.74) is 3.39. The minimum absolute atomic E-state index is 0.322. The quantitative estimate of drug-likeness (QED) is 0.696. The van der Waals surface area contributed by atoms with Gasteiger partial charge in [-0.25, -0.2) is 0 Å². The Bertz CT molecular complexity index is 788. The Morgan fingerprint density at radius 3 is 2.50 bits per heavy atom. The molecule has 0 atom stereocenters. The number of hydrogen-bond donors (Lipinski definition) is 0. The number of hydrogen-bond acceptors (Lipinski definition) is 2. The van der Waals surface area contributed by atoms with Gasteiger partial charge in [0, 0.05) is 12.0 Å². The van der Waals surface area contributed by atoms with Crippen molar-refractivity contribution in [2.24, 2.45) is 0 Å². The van der Waals surface area contributed by atoms with E-state index in [4.69, 9.17) is 4.74 Å². The molecule has 2 heteroatoms. The first kappa shape index (κ1) is 14.3. The molecule has 3 aromatic carbocycles. The van der Waals surface area contributed by atoms with Gasteiger partial charge in [0.2, 0.25) is 6.29 Å². The van der Waals surface area contributed by atoms with E-state index in [1.54, 1.807) is 0 Å². The molecule has 22 heavy (non-hydrogen) atoms. The highest BCUT2D eigenvalue weighted by Crippen LogP contribution is 2.24. The molecule has 1 radical (unpaired) electrons. The minimum atomic E-state index is 0.322. The molecule has 0 bridgehead atoms. The topological polar surface area (TPSA) is 26.3 Å². The van der Waals surface area contributed by atoms with Crippen molar-refractivity contribution in [3.63, 3.8) is 0 Å². The maximum absolute atomic E-state index is 10.4. The van der Waals surface area contributed by atoms with Gasteiger partial charge in [-0.15, -0.1) is 0 Å². The van der Waals surface area contributed by atoms with Gasteiger partial charge in [0.25, 0.3) is 0 Å². The molecule has 0 fully saturated rings. The van der Waals surface area contributed by atoms with Crippen molar-refractivity contribution in [2.75, 3.05) is 0 Å². The Morgan fingerprint density at radius 2 is 1.73 bits per heavy atom. The molecule has 0 N–H and O–H groups in total. The Labute approximate surface area is 130 Å². The third-order valence-corrected chi connectivity index (χ3v) is 3.86. The first-order valence-corrected chi connectivity index (χ1v) is 7.32. The van der Waals surface area contributed by atoms with Gasteiger partial charge in [-0.05, 0) is 41.0 Å². The molecular formula is C20H17O2. The summed E-state index contributed by atoms with van der Waals surface area (Å²) < 4.78 is 5.92. The Morgan fingerprint density at radius 1 is 0.955 bits per heavy atom. The van der Waals surface area contributed by atoms with Crippen molar-refractivity contribution in [3.8, 4) is 5.75 Å². The average molecular weight is 289 g/mol. The largest absolute Gasteiger partial charge is 0.489 e. The lowest BCUT2D eigenvalue weighted by Crippen LogP contribution is -1.99. The fourth-order valence-corrected chi connectivity index (χ4v) is 2.58. The van der Waals surface area contributed by atoms with Gasteiger partial charge in [0.15, 0.2) is 0 Å². The zero-order valence-corrected chi connectivity index (χ0v) is 12.5. The molecule has 0 unspecified atom stereocenters. The van der Waals surface area contributed by atoms with E-state index in [1.165, 1.54) is 21.9 Å². The first-order valence-electron chi connectivity index (χ1n) is 7.32. The molecule has 2 nitrogen and oxygen atoms in total. The highest BCUT2D eigenvalue weighted by atomic mass is 16.5. The molecule has 3 rings (SSSR count). The predicted molar refractivity (Wildman–Crippen MR) is 88.9 cm³/mol. The van der Waals surface area contributed by atoms with Gasteiger partial charge >= 0.3 is 0 Å². The summed E-state index contributed by atoms with van der Waals surface area (Å²) in [6, 6.07) is 20.2. The van der Waals surface area contributed by atoms with Crippen LogP contribution in [0.1, 0.15) is 16.7 Å². The summed E-state index contributed by atoms with van der Waals surface area (Å²) in [4.78, 5) is 10.4. The Hall–Kier alpha value is -2.61. The molecule has 0 spiro atoms. The fourth-order valence-electron chi connectivity index (χ4n) is 2.58. The fraction of sp³-hybridized carbons (Fsp3) is 0.150. The number of fused-ring (bicyclic) bond motifs is 1. The van der Waals surface area contributed by atoms with E-state index in [2.05, 4.69) is 37.3 Å². The van der Waals surface area contributed by atoms with Crippen LogP contribution in [-0.2, 0) is 17.8 Å². The van der Waals surface area contributed by atoms with Gasteiger partial charge in [-0.2, -0.15) is 0 Å². The zero-order chi connectivity index (χ0) is 15.4. The van der Waals surface area contributed by atoms with E-state index in [0.717, 1.165) is 11.3 Å². The van der Waals surface area contributed by atoms with E-state index in [-0.39, 0.29) is 0 Å². The van der Waals surface area contributed by atoms with Crippen molar-refractivity contribution in [3.05, 3.63) is 77.4 Å². The average Bonchev–Trinajstić information content (AvgIpc) is 2.56. The predicted octanol–water partition coefficient (Wildman–Crippen LogP) is 4.38. The van der Waals surface area contributed by atoms with E-state index < -0.39 is 0 Å². The van der Waals surface area contributed by atoms with Crippen LogP contribution in [0.3, 0.4) is 0 Å². The molecule has 109 valence electrons. The maximum atomic E-state index is 10.4. The second-order valence-corrected chi connectivity index (χ2v) is 5.34. The van der Waals surface area contributed by atoms with Gasteiger partial charge in [-0.1, -0.05) is 48.5 Å². The lowest BCUT2D eigenvalue weighted by atomic mass is 10.0. The molecule has 0 amide bonds. The second-order valence-electron chi connectivity index (χ2n) is 5.34. The normalized spacial score (nSPS) is 10.6. The van der Waals surface area contributed by atoms with Crippen LogP contribution in [0.2, 0.25) is 0 Å². The lowest BCUT2D eigenvalue weighted by molar-refractivity contribution is 0.307. The maximum Gasteiger partial charge on any atom is 0.203 e. The van der Waals surface area contributed by atoms with E-state index in [0.29, 0.717) is 13.0 Å². The van der Waals surface area contributed by atoms with E-state index in [1.807, 2.05) is 36.6 Å². The minimum Gasteiger partial charge on any atom is -0.489 e. The van der Waals surface area contributed by atoms with Gasteiger partial charge in [0.05, 0.1) is 0 Å². The molecule has 0 aliphatic carbocycles. The number of ether oxygens (including phenoxy) is 1. The Kier molecular flexibility index (Phi) is 4.19. The summed E-state index contributed by atoms with van der Waals surface area (Å²) in [5.74, 6) is 0.807. The van der Waals surface area contributed by atoms with Crippen LogP contribution in [0.4, 0.5) is 0 Å². The Balaban J connectivity index is 1.81. The van der Waals surface area contributed by atoms with Crippen LogP contribution in [-0.4, -0.2) is 6.29 Å². The number of aryl methyl sites for hydroxylation is 1. The molecule has 0 aliphatic rings. The van der Waals surface area contributed by atoms with Crippen molar-refractivity contribution in [1.82, 2.24) is 0 Å². The number of benzene rings is 3. The van der Waals surface area contributed by atoms with Crippen LogP contribution in [0.15, 0.2) is 60.7 Å². The summed E-state index contributed by atoms with van der Waals surface area (Å²) in [6.45, 7) is 2.64. The van der Waals surface area contributed by atoms with Crippen LogP contribution < -0.4 is 4.74 Å². The standard InChI is InChI=1S/C20H17O2/c1-15-6-9-17-4-2-3-5-19(17)20(15)14-22-18-10-7-16(8-11-18)12-13-21/h2-11H,12,14H2,1H3. The van der Waals surface area contributed by atoms with Crippen molar-refractivity contribution in [1.29, 1.82) is 0 Å². The highest BCUT2D eigenvalue weighted by molar-refractivity contribution is 5.86. The first-order chi connectivity index (χ1) is 10.8. The third-order valence-electron chi connectivity index (χ3n) is 3.86. The van der Waals surface area contributed by atoms with Gasteiger partial charge in [0.1, 0.15) is 12.4 Å². The van der Waals surface area contributed by atoms with Crippen LogP contribution >= 0.6 is 0 Å². The number of rotatable bonds is 5. The van der Waals surface area contributed by atoms with Gasteiger partial charge < -0.3 is 4.74 Å². The molecule has 0 saturated heterocycles. The summed E-state index contributed by atoms with van der Waals surface area (Å²) in [7, 11) is 0. The van der Waals surface area contributed by atoms with E-state index >= 15 is 0 Å². The number of carbonyl (C=O) groups excluding carboxylic acids is 1. The highest BCUT2D eigenvalue weighted by Gasteiger charge is 2.05. The molecule has 0 aromatic heterocycles. The van der Waals surface area contributed by atoms with Crippen LogP contribution in [0.25, 0.3) is 10.8 Å². The SMILES string of the molecule is Cc1ccc2ccccc2c1COc1ccc(C[C]=O)cc1. The van der Waals surface area contributed by atoms with Crippen molar-refractivity contribution in [2.45, 2.75) is 20.0 Å². The molecule has 0 heterocycles. The molecule has 0 saturated carbocycles. The van der Waals surface area contributed by atoms with Crippen LogP contribution in [0, 0.1) is 6.92 Å². The van der Waals surface area contributed by atoms with Crippen LogP contribution in [0.5, 0.6) is 5.75 Å². The third kappa shape index (κ3) is 3.01. The summed E-state index contributed by atoms with van der Waals surface area (Å²) in [6.07, 6.45) is 2.22. The summed E-state index contributed by atoms with van der Waals surface area (Å²) in [5, 5.41) is 2.46.